The number of guanidine groups is 1. The number of nitrogens with two attached hydrogens (primary N) is 2. The molecule has 0 fully saturated rings. The van der Waals surface area contributed by atoms with Gasteiger partial charge in [0.25, 0.3) is 5.91 Å². The first-order chi connectivity index (χ1) is 12.9. The van der Waals surface area contributed by atoms with Crippen LogP contribution in [0.3, 0.4) is 0 Å². The van der Waals surface area contributed by atoms with E-state index in [4.69, 9.17) is 21.3 Å². The molecule has 1 atom stereocenters. The summed E-state index contributed by atoms with van der Waals surface area (Å²) in [4.78, 5) is 27.1. The number of aliphatic imine (C=N–C) groups is 1. The van der Waals surface area contributed by atoms with Crippen molar-refractivity contribution in [2.24, 2.45) is 16.5 Å². The molecule has 0 aromatic heterocycles. The molecule has 0 bridgehead atoms. The summed E-state index contributed by atoms with van der Waals surface area (Å²) in [6, 6.07) is 12.9. The maximum atomic E-state index is 12.2. The molecule has 0 spiro atoms. The van der Waals surface area contributed by atoms with Crippen LogP contribution in [0.15, 0.2) is 53.5 Å². The number of hydrogen-bond donors (Lipinski definition) is 4. The van der Waals surface area contributed by atoms with Crippen molar-refractivity contribution in [3.63, 3.8) is 0 Å². The molecule has 0 aliphatic heterocycles. The summed E-state index contributed by atoms with van der Waals surface area (Å²) in [5.74, 6) is -0.806. The number of hydrogen-bond acceptors (Lipinski definition) is 5. The zero-order chi connectivity index (χ0) is 19.8. The van der Waals surface area contributed by atoms with E-state index in [9.17, 15) is 9.59 Å². The molecule has 142 valence electrons. The molecular formula is C19H22N4O4. The van der Waals surface area contributed by atoms with Crippen LogP contribution in [0.4, 0.5) is 0 Å². The van der Waals surface area contributed by atoms with E-state index >= 15 is 0 Å². The number of methoxy groups -OCH3 is 1. The number of ether oxygens (including phenoxy) is 1. The van der Waals surface area contributed by atoms with Gasteiger partial charge in [-0.05, 0) is 30.2 Å². The van der Waals surface area contributed by atoms with Crippen LogP contribution in [0.1, 0.15) is 21.5 Å². The van der Waals surface area contributed by atoms with E-state index in [2.05, 4.69) is 10.3 Å². The van der Waals surface area contributed by atoms with Crippen molar-refractivity contribution in [3.05, 3.63) is 65.2 Å². The van der Waals surface area contributed by atoms with Crippen LogP contribution >= 0.6 is 0 Å². The molecule has 0 heterocycles. The van der Waals surface area contributed by atoms with E-state index in [1.807, 2.05) is 24.3 Å². The zero-order valence-corrected chi connectivity index (χ0v) is 14.9. The highest BCUT2D eigenvalue weighted by Gasteiger charge is 2.13. The Morgan fingerprint density at radius 2 is 1.85 bits per heavy atom. The van der Waals surface area contributed by atoms with Gasteiger partial charge < -0.3 is 21.3 Å². The number of carbonyl (C=O) groups excluding carboxylic acids is 1. The fourth-order valence-electron chi connectivity index (χ4n) is 2.37. The summed E-state index contributed by atoms with van der Waals surface area (Å²) in [5.41, 5.74) is 13.2. The summed E-state index contributed by atoms with van der Waals surface area (Å²) >= 11 is 0. The molecule has 0 unspecified atom stereocenters. The van der Waals surface area contributed by atoms with Crippen molar-refractivity contribution in [1.82, 2.24) is 5.32 Å². The number of rotatable bonds is 7. The van der Waals surface area contributed by atoms with E-state index in [-0.39, 0.29) is 18.9 Å². The van der Waals surface area contributed by atoms with E-state index in [1.165, 1.54) is 0 Å². The highest BCUT2D eigenvalue weighted by atomic mass is 16.5. The summed E-state index contributed by atoms with van der Waals surface area (Å²) in [5, 5.41) is 11.3. The van der Waals surface area contributed by atoms with E-state index < -0.39 is 17.9 Å². The van der Waals surface area contributed by atoms with Crippen molar-refractivity contribution >= 4 is 17.8 Å². The van der Waals surface area contributed by atoms with Crippen molar-refractivity contribution in [1.29, 1.82) is 0 Å². The Balaban J connectivity index is 1.96. The predicted octanol–water partition coefficient (Wildman–Crippen LogP) is 0.894. The number of carboxylic acid groups (broad SMARTS) is 1. The van der Waals surface area contributed by atoms with E-state index in [0.717, 1.165) is 11.1 Å². The third kappa shape index (κ3) is 5.82. The summed E-state index contributed by atoms with van der Waals surface area (Å²) < 4.78 is 5.24. The Kier molecular flexibility index (Phi) is 6.90. The average Bonchev–Trinajstić information content (AvgIpc) is 2.67. The highest BCUT2D eigenvalue weighted by Crippen LogP contribution is 2.17. The van der Waals surface area contributed by atoms with E-state index in [1.54, 1.807) is 31.4 Å². The topological polar surface area (TPSA) is 140 Å². The fraction of sp³-hybridized carbons (Fsp3) is 0.211. The second kappa shape index (κ2) is 9.35. The van der Waals surface area contributed by atoms with Crippen LogP contribution in [0.5, 0.6) is 5.75 Å². The van der Waals surface area contributed by atoms with Gasteiger partial charge in [-0.2, -0.15) is 0 Å². The molecule has 2 aromatic rings. The minimum absolute atomic E-state index is 0.0112. The molecular weight excluding hydrogens is 348 g/mol. The van der Waals surface area contributed by atoms with E-state index in [0.29, 0.717) is 11.3 Å². The van der Waals surface area contributed by atoms with Crippen LogP contribution in [-0.4, -0.2) is 36.1 Å². The lowest BCUT2D eigenvalue weighted by Gasteiger charge is -2.09. The van der Waals surface area contributed by atoms with Crippen molar-refractivity contribution < 1.29 is 19.4 Å². The first-order valence-electron chi connectivity index (χ1n) is 8.21. The van der Waals surface area contributed by atoms with Gasteiger partial charge in [0.2, 0.25) is 0 Å². The SMILES string of the molecule is COc1ccccc1CN=C(N)NC(=O)c1ccc(C[C@H](N)C(=O)O)cc1. The van der Waals surface area contributed by atoms with Crippen LogP contribution in [-0.2, 0) is 17.8 Å². The maximum Gasteiger partial charge on any atom is 0.320 e. The third-order valence-electron chi connectivity index (χ3n) is 3.84. The molecule has 6 N–H and O–H groups in total. The van der Waals surface area contributed by atoms with Gasteiger partial charge in [-0.15, -0.1) is 0 Å². The lowest BCUT2D eigenvalue weighted by molar-refractivity contribution is -0.138. The molecule has 2 aromatic carbocycles. The van der Waals surface area contributed by atoms with Gasteiger partial charge in [0.15, 0.2) is 5.96 Å². The molecule has 27 heavy (non-hydrogen) atoms. The quantitative estimate of drug-likeness (QED) is 0.421. The van der Waals surface area contributed by atoms with Crippen LogP contribution in [0.2, 0.25) is 0 Å². The molecule has 0 aliphatic carbocycles. The second-order valence-electron chi connectivity index (χ2n) is 5.81. The van der Waals surface area contributed by atoms with Gasteiger partial charge >= 0.3 is 5.97 Å². The van der Waals surface area contributed by atoms with Crippen LogP contribution in [0, 0.1) is 0 Å². The Morgan fingerprint density at radius 1 is 1.19 bits per heavy atom. The minimum atomic E-state index is -1.07. The molecule has 0 aliphatic rings. The van der Waals surface area contributed by atoms with Crippen LogP contribution in [0.25, 0.3) is 0 Å². The molecule has 0 saturated carbocycles. The van der Waals surface area contributed by atoms with Crippen molar-refractivity contribution in [2.45, 2.75) is 19.0 Å². The number of amides is 1. The first-order valence-corrected chi connectivity index (χ1v) is 8.21. The number of para-hydroxylation sites is 1. The Hall–Kier alpha value is -3.39. The van der Waals surface area contributed by atoms with Crippen molar-refractivity contribution in [2.75, 3.05) is 7.11 Å². The molecule has 8 heteroatoms. The second-order valence-corrected chi connectivity index (χ2v) is 5.81. The number of benzene rings is 2. The standard InChI is InChI=1S/C19H22N4O4/c1-27-16-5-3-2-4-14(16)11-22-19(21)23-17(24)13-8-6-12(7-9-13)10-15(20)18(25)26/h2-9,15H,10-11,20H2,1H3,(H,25,26)(H3,21,22,23,24)/t15-/m0/s1. The third-order valence-corrected chi connectivity index (χ3v) is 3.84. The van der Waals surface area contributed by atoms with Gasteiger partial charge in [0.05, 0.1) is 13.7 Å². The molecule has 8 nitrogen and oxygen atoms in total. The van der Waals surface area contributed by atoms with Gasteiger partial charge in [-0.1, -0.05) is 30.3 Å². The number of aliphatic carboxylic acids is 1. The van der Waals surface area contributed by atoms with Crippen LogP contribution < -0.4 is 21.5 Å². The normalized spacial score (nSPS) is 12.3. The Labute approximate surface area is 156 Å². The number of carboxylic acids is 1. The average molecular weight is 370 g/mol. The lowest BCUT2D eigenvalue weighted by atomic mass is 10.0. The Morgan fingerprint density at radius 3 is 2.48 bits per heavy atom. The van der Waals surface area contributed by atoms with Gasteiger partial charge in [-0.3, -0.25) is 14.9 Å². The zero-order valence-electron chi connectivity index (χ0n) is 14.9. The van der Waals surface area contributed by atoms with Gasteiger partial charge in [-0.25, -0.2) is 4.99 Å². The smallest absolute Gasteiger partial charge is 0.320 e. The fourth-order valence-corrected chi connectivity index (χ4v) is 2.37. The first kappa shape index (κ1) is 19.9. The summed E-state index contributed by atoms with van der Waals surface area (Å²) in [6.45, 7) is 0.266. The minimum Gasteiger partial charge on any atom is -0.496 e. The maximum absolute atomic E-state index is 12.2. The monoisotopic (exact) mass is 370 g/mol. The molecule has 0 radical (unpaired) electrons. The molecule has 1 amide bonds. The lowest BCUT2D eigenvalue weighted by Crippen LogP contribution is -2.36. The van der Waals surface area contributed by atoms with Crippen molar-refractivity contribution in [3.8, 4) is 5.75 Å². The summed E-state index contributed by atoms with van der Waals surface area (Å²) in [7, 11) is 1.57. The summed E-state index contributed by atoms with van der Waals surface area (Å²) in [6.07, 6.45) is 0.180. The Bertz CT molecular complexity index is 834. The number of carbonyl (C=O) groups is 2. The predicted molar refractivity (Wildman–Crippen MR) is 102 cm³/mol. The molecule has 0 saturated heterocycles. The largest absolute Gasteiger partial charge is 0.496 e. The number of nitrogens with one attached hydrogen (secondary N) is 1. The number of nitrogens with zero attached hydrogens (tertiary/aromatic N) is 1. The van der Waals surface area contributed by atoms with Gasteiger partial charge in [0.1, 0.15) is 11.8 Å². The highest BCUT2D eigenvalue weighted by molar-refractivity contribution is 6.05. The molecule has 2 rings (SSSR count). The van der Waals surface area contributed by atoms with Gasteiger partial charge in [0, 0.05) is 11.1 Å².